The lowest BCUT2D eigenvalue weighted by atomic mass is 9.88. The third kappa shape index (κ3) is 6.94. The van der Waals surface area contributed by atoms with Crippen LogP contribution >= 0.6 is 24.0 Å². The molecule has 146 valence electrons. The summed E-state index contributed by atoms with van der Waals surface area (Å²) in [5.74, 6) is 2.24. The summed E-state index contributed by atoms with van der Waals surface area (Å²) < 4.78 is 0. The van der Waals surface area contributed by atoms with Gasteiger partial charge in [0.05, 0.1) is 0 Å². The lowest BCUT2D eigenvalue weighted by molar-refractivity contribution is -0.135. The number of rotatable bonds is 6. The van der Waals surface area contributed by atoms with Crippen molar-refractivity contribution in [2.75, 3.05) is 26.7 Å². The van der Waals surface area contributed by atoms with E-state index in [2.05, 4.69) is 34.4 Å². The monoisotopic (exact) mass is 464 g/mol. The Kier molecular flexibility index (Phi) is 10.8. The van der Waals surface area contributed by atoms with E-state index >= 15 is 0 Å². The zero-order valence-corrected chi connectivity index (χ0v) is 18.6. The molecule has 0 spiro atoms. The predicted molar refractivity (Wildman–Crippen MR) is 116 cm³/mol. The van der Waals surface area contributed by atoms with E-state index in [1.807, 2.05) is 7.05 Å². The van der Waals surface area contributed by atoms with E-state index in [9.17, 15) is 4.79 Å². The number of nitrogens with one attached hydrogen (secondary N) is 2. The highest BCUT2D eigenvalue weighted by Gasteiger charge is 2.31. The summed E-state index contributed by atoms with van der Waals surface area (Å²) in [6, 6.07) is 0.324. The number of guanidine groups is 1. The molecule has 2 N–H and O–H groups in total. The molecular formula is C19H37IN4O. The van der Waals surface area contributed by atoms with Crippen LogP contribution in [0.5, 0.6) is 0 Å². The van der Waals surface area contributed by atoms with Gasteiger partial charge in [0.15, 0.2) is 5.96 Å². The Morgan fingerprint density at radius 1 is 1.16 bits per heavy atom. The Morgan fingerprint density at radius 2 is 1.84 bits per heavy atom. The van der Waals surface area contributed by atoms with Crippen LogP contribution in [0, 0.1) is 11.8 Å². The van der Waals surface area contributed by atoms with Gasteiger partial charge in [-0.05, 0) is 25.2 Å². The van der Waals surface area contributed by atoms with Gasteiger partial charge in [-0.25, -0.2) is 0 Å². The highest BCUT2D eigenvalue weighted by molar-refractivity contribution is 14.0. The van der Waals surface area contributed by atoms with Gasteiger partial charge in [-0.2, -0.15) is 0 Å². The first kappa shape index (κ1) is 22.5. The van der Waals surface area contributed by atoms with E-state index in [0.29, 0.717) is 17.9 Å². The van der Waals surface area contributed by atoms with Gasteiger partial charge in [0.25, 0.3) is 0 Å². The molecule has 0 aromatic rings. The maximum Gasteiger partial charge on any atom is 0.225 e. The van der Waals surface area contributed by atoms with Gasteiger partial charge in [0.1, 0.15) is 0 Å². The molecule has 1 aliphatic heterocycles. The van der Waals surface area contributed by atoms with Crippen LogP contribution in [0.15, 0.2) is 4.99 Å². The molecule has 1 saturated carbocycles. The van der Waals surface area contributed by atoms with Gasteiger partial charge in [-0.3, -0.25) is 9.79 Å². The number of hydrogen-bond acceptors (Lipinski definition) is 2. The first-order valence-electron chi connectivity index (χ1n) is 9.93. The van der Waals surface area contributed by atoms with Crippen LogP contribution in [0.25, 0.3) is 0 Å². The largest absolute Gasteiger partial charge is 0.356 e. The molecule has 1 heterocycles. The normalized spacial score (nSPS) is 22.0. The summed E-state index contributed by atoms with van der Waals surface area (Å²) in [5, 5.41) is 6.94. The van der Waals surface area contributed by atoms with E-state index < -0.39 is 0 Å². The lowest BCUT2D eigenvalue weighted by Gasteiger charge is -2.26. The molecule has 0 aromatic heterocycles. The molecule has 1 atom stereocenters. The van der Waals surface area contributed by atoms with Crippen molar-refractivity contribution in [1.29, 1.82) is 0 Å². The summed E-state index contributed by atoms with van der Waals surface area (Å²) in [6.45, 7) is 7.14. The van der Waals surface area contributed by atoms with E-state index in [-0.39, 0.29) is 29.9 Å². The number of carbonyl (C=O) groups is 1. The van der Waals surface area contributed by atoms with Crippen LogP contribution in [-0.2, 0) is 4.79 Å². The SMILES string of the molecule is CCC(CC)CNC(=NC)NC1CCN(C(=O)C2CCCCC2)C1.I. The Bertz CT molecular complexity index is 420. The summed E-state index contributed by atoms with van der Waals surface area (Å²) in [4.78, 5) is 19.1. The first-order valence-corrected chi connectivity index (χ1v) is 9.93. The van der Waals surface area contributed by atoms with Crippen molar-refractivity contribution in [1.82, 2.24) is 15.5 Å². The first-order chi connectivity index (χ1) is 11.7. The number of hydrogen-bond donors (Lipinski definition) is 2. The second-order valence-electron chi connectivity index (χ2n) is 7.38. The minimum Gasteiger partial charge on any atom is -0.356 e. The number of halogens is 1. The zero-order chi connectivity index (χ0) is 17.4. The van der Waals surface area contributed by atoms with Crippen LogP contribution in [0.1, 0.15) is 65.2 Å². The van der Waals surface area contributed by atoms with Crippen LogP contribution in [-0.4, -0.2) is 49.5 Å². The van der Waals surface area contributed by atoms with Crippen molar-refractivity contribution >= 4 is 35.8 Å². The number of amides is 1. The number of aliphatic imine (C=N–C) groups is 1. The highest BCUT2D eigenvalue weighted by atomic mass is 127. The third-order valence-electron chi connectivity index (χ3n) is 5.73. The molecule has 0 radical (unpaired) electrons. The Balaban J connectivity index is 0.00000312. The molecule has 2 aliphatic rings. The summed E-state index contributed by atoms with van der Waals surface area (Å²) in [6.07, 6.45) is 9.31. The smallest absolute Gasteiger partial charge is 0.225 e. The van der Waals surface area contributed by atoms with Crippen molar-refractivity contribution in [3.63, 3.8) is 0 Å². The zero-order valence-electron chi connectivity index (χ0n) is 16.2. The third-order valence-corrected chi connectivity index (χ3v) is 5.73. The molecule has 1 aliphatic carbocycles. The molecule has 6 heteroatoms. The average molecular weight is 464 g/mol. The summed E-state index contributed by atoms with van der Waals surface area (Å²) in [5.41, 5.74) is 0. The molecule has 25 heavy (non-hydrogen) atoms. The van der Waals surface area contributed by atoms with Crippen molar-refractivity contribution in [2.45, 2.75) is 71.3 Å². The second kappa shape index (κ2) is 12.0. The second-order valence-corrected chi connectivity index (χ2v) is 7.38. The minimum absolute atomic E-state index is 0. The Morgan fingerprint density at radius 3 is 2.44 bits per heavy atom. The van der Waals surface area contributed by atoms with Crippen LogP contribution in [0.2, 0.25) is 0 Å². The van der Waals surface area contributed by atoms with Crippen LogP contribution in [0.3, 0.4) is 0 Å². The van der Waals surface area contributed by atoms with Crippen molar-refractivity contribution in [2.24, 2.45) is 16.8 Å². The maximum atomic E-state index is 12.6. The Hall–Kier alpha value is -0.530. The molecule has 2 fully saturated rings. The van der Waals surface area contributed by atoms with Gasteiger partial charge in [-0.1, -0.05) is 46.0 Å². The lowest BCUT2D eigenvalue weighted by Crippen LogP contribution is -2.46. The van der Waals surface area contributed by atoms with Gasteiger partial charge in [-0.15, -0.1) is 24.0 Å². The van der Waals surface area contributed by atoms with E-state index in [1.54, 1.807) is 0 Å². The maximum absolute atomic E-state index is 12.6. The molecule has 2 rings (SSSR count). The number of nitrogens with zero attached hydrogens (tertiary/aromatic N) is 2. The van der Waals surface area contributed by atoms with Crippen molar-refractivity contribution in [3.8, 4) is 0 Å². The van der Waals surface area contributed by atoms with E-state index in [4.69, 9.17) is 0 Å². The molecule has 0 bridgehead atoms. The van der Waals surface area contributed by atoms with Gasteiger partial charge < -0.3 is 15.5 Å². The van der Waals surface area contributed by atoms with Gasteiger partial charge in [0.2, 0.25) is 5.91 Å². The highest BCUT2D eigenvalue weighted by Crippen LogP contribution is 2.26. The van der Waals surface area contributed by atoms with E-state index in [0.717, 1.165) is 44.9 Å². The quantitative estimate of drug-likeness (QED) is 0.360. The number of likely N-dealkylation sites (tertiary alicyclic amines) is 1. The van der Waals surface area contributed by atoms with Gasteiger partial charge in [0, 0.05) is 38.6 Å². The molecule has 1 saturated heterocycles. The standard InChI is InChI=1S/C19H36N4O.HI/c1-4-15(5-2)13-21-19(20-3)22-17-11-12-23(14-17)18(24)16-9-7-6-8-10-16;/h15-17H,4-14H2,1-3H3,(H2,20,21,22);1H. The van der Waals surface area contributed by atoms with Crippen LogP contribution < -0.4 is 10.6 Å². The minimum atomic E-state index is 0. The Labute approximate surface area is 170 Å². The fourth-order valence-electron chi connectivity index (χ4n) is 3.89. The number of carbonyl (C=O) groups excluding carboxylic acids is 1. The van der Waals surface area contributed by atoms with Gasteiger partial charge >= 0.3 is 0 Å². The topological polar surface area (TPSA) is 56.7 Å². The van der Waals surface area contributed by atoms with Crippen LogP contribution in [0.4, 0.5) is 0 Å². The average Bonchev–Trinajstić information content (AvgIpc) is 3.10. The molecular weight excluding hydrogens is 427 g/mol. The van der Waals surface area contributed by atoms with Crippen molar-refractivity contribution < 1.29 is 4.79 Å². The summed E-state index contributed by atoms with van der Waals surface area (Å²) in [7, 11) is 1.82. The van der Waals surface area contributed by atoms with Crippen molar-refractivity contribution in [3.05, 3.63) is 0 Å². The molecule has 5 nitrogen and oxygen atoms in total. The fourth-order valence-corrected chi connectivity index (χ4v) is 3.89. The molecule has 1 amide bonds. The predicted octanol–water partition coefficient (Wildman–Crippen LogP) is 3.39. The van der Waals surface area contributed by atoms with E-state index in [1.165, 1.54) is 32.1 Å². The summed E-state index contributed by atoms with van der Waals surface area (Å²) >= 11 is 0. The molecule has 0 aromatic carbocycles. The molecule has 1 unspecified atom stereocenters. The fraction of sp³-hybridized carbons (Fsp3) is 0.895.